The Morgan fingerprint density at radius 2 is 1.89 bits per heavy atom. The average molecular weight is 499 g/mol. The van der Waals surface area contributed by atoms with Gasteiger partial charge in [-0.3, -0.25) is 19.3 Å². The largest absolute Gasteiger partial charge is 0.490 e. The first-order valence-electron chi connectivity index (χ1n) is 11.4. The van der Waals surface area contributed by atoms with E-state index in [1.807, 2.05) is 31.2 Å². The van der Waals surface area contributed by atoms with Crippen LogP contribution in [0.3, 0.4) is 0 Å². The number of benzene rings is 2. The van der Waals surface area contributed by atoms with Crippen molar-refractivity contribution < 1.29 is 28.6 Å². The summed E-state index contributed by atoms with van der Waals surface area (Å²) in [5.74, 6) is 0.480. The zero-order chi connectivity index (χ0) is 25.4. The molecule has 0 saturated carbocycles. The van der Waals surface area contributed by atoms with Gasteiger partial charge < -0.3 is 19.5 Å². The van der Waals surface area contributed by atoms with Crippen LogP contribution >= 0.6 is 11.8 Å². The van der Waals surface area contributed by atoms with Gasteiger partial charge in [-0.15, -0.1) is 0 Å². The summed E-state index contributed by atoms with van der Waals surface area (Å²) in [6.45, 7) is 6.66. The molecule has 0 spiro atoms. The molecule has 0 bridgehead atoms. The number of para-hydroxylation sites is 1. The Morgan fingerprint density at radius 3 is 2.60 bits per heavy atom. The molecule has 3 rings (SSSR count). The van der Waals surface area contributed by atoms with E-state index in [0.717, 1.165) is 27.9 Å². The minimum absolute atomic E-state index is 0.190. The van der Waals surface area contributed by atoms with Gasteiger partial charge in [-0.1, -0.05) is 38.1 Å². The van der Waals surface area contributed by atoms with Crippen LogP contribution in [0.4, 0.5) is 10.5 Å². The summed E-state index contributed by atoms with van der Waals surface area (Å²) >= 11 is 0.887. The zero-order valence-corrected chi connectivity index (χ0v) is 21.1. The van der Waals surface area contributed by atoms with Crippen LogP contribution in [0.15, 0.2) is 47.4 Å². The monoisotopic (exact) mass is 498 g/mol. The maximum Gasteiger partial charge on any atom is 0.293 e. The SMILES string of the molecule is CCOc1cc(/C=C2/SC(=O)N(CCOC)C2=O)ccc1OCC(=O)Nc1ccccc1C(C)C. The van der Waals surface area contributed by atoms with Gasteiger partial charge in [0.05, 0.1) is 24.7 Å². The summed E-state index contributed by atoms with van der Waals surface area (Å²) in [4.78, 5) is 38.7. The minimum Gasteiger partial charge on any atom is -0.490 e. The molecule has 1 saturated heterocycles. The molecule has 2 aromatic rings. The predicted molar refractivity (Wildman–Crippen MR) is 137 cm³/mol. The van der Waals surface area contributed by atoms with E-state index in [2.05, 4.69) is 19.2 Å². The highest BCUT2D eigenvalue weighted by atomic mass is 32.2. The van der Waals surface area contributed by atoms with E-state index in [1.54, 1.807) is 24.3 Å². The molecule has 186 valence electrons. The van der Waals surface area contributed by atoms with E-state index in [-0.39, 0.29) is 42.7 Å². The zero-order valence-electron chi connectivity index (χ0n) is 20.3. The first-order chi connectivity index (χ1) is 16.8. The van der Waals surface area contributed by atoms with Crippen LogP contribution in [-0.2, 0) is 14.3 Å². The van der Waals surface area contributed by atoms with E-state index in [9.17, 15) is 14.4 Å². The van der Waals surface area contributed by atoms with Crippen LogP contribution in [0, 0.1) is 0 Å². The Labute approximate surface area is 209 Å². The Balaban J connectivity index is 1.70. The summed E-state index contributed by atoms with van der Waals surface area (Å²) < 4.78 is 16.4. The highest BCUT2D eigenvalue weighted by molar-refractivity contribution is 8.18. The van der Waals surface area contributed by atoms with Crippen LogP contribution in [0.25, 0.3) is 6.08 Å². The summed E-state index contributed by atoms with van der Waals surface area (Å²) in [5, 5.41) is 2.58. The van der Waals surface area contributed by atoms with Crippen molar-refractivity contribution in [2.45, 2.75) is 26.7 Å². The lowest BCUT2D eigenvalue weighted by Crippen LogP contribution is -2.31. The third-order valence-corrected chi connectivity index (χ3v) is 6.08. The van der Waals surface area contributed by atoms with Gasteiger partial charge in [-0.05, 0) is 60.0 Å². The number of thioether (sulfide) groups is 1. The number of anilines is 1. The quantitative estimate of drug-likeness (QED) is 0.440. The van der Waals surface area contributed by atoms with Crippen molar-refractivity contribution in [1.29, 1.82) is 0 Å². The summed E-state index contributed by atoms with van der Waals surface area (Å²) in [5.41, 5.74) is 2.48. The topological polar surface area (TPSA) is 94.2 Å². The number of nitrogens with one attached hydrogen (secondary N) is 1. The maximum atomic E-state index is 12.6. The van der Waals surface area contributed by atoms with Gasteiger partial charge in [0.1, 0.15) is 0 Å². The molecular formula is C26H30N2O6S. The highest BCUT2D eigenvalue weighted by Gasteiger charge is 2.34. The molecule has 1 aliphatic heterocycles. The summed E-state index contributed by atoms with van der Waals surface area (Å²) in [6, 6.07) is 12.8. The van der Waals surface area contributed by atoms with Crippen molar-refractivity contribution in [2.75, 3.05) is 38.8 Å². The third kappa shape index (κ3) is 6.86. The van der Waals surface area contributed by atoms with Crippen molar-refractivity contribution in [3.63, 3.8) is 0 Å². The van der Waals surface area contributed by atoms with Gasteiger partial charge >= 0.3 is 0 Å². The number of carbonyl (C=O) groups is 3. The van der Waals surface area contributed by atoms with Crippen molar-refractivity contribution in [1.82, 2.24) is 4.90 Å². The molecule has 1 N–H and O–H groups in total. The fourth-order valence-electron chi connectivity index (χ4n) is 3.47. The second kappa shape index (κ2) is 12.4. The van der Waals surface area contributed by atoms with E-state index >= 15 is 0 Å². The summed E-state index contributed by atoms with van der Waals surface area (Å²) in [7, 11) is 1.52. The second-order valence-electron chi connectivity index (χ2n) is 8.04. The van der Waals surface area contributed by atoms with Gasteiger partial charge in [-0.25, -0.2) is 0 Å². The van der Waals surface area contributed by atoms with Crippen LogP contribution in [0.5, 0.6) is 11.5 Å². The fraction of sp³-hybridized carbons (Fsp3) is 0.346. The maximum absolute atomic E-state index is 12.6. The molecule has 0 atom stereocenters. The molecule has 0 aromatic heterocycles. The molecule has 8 nitrogen and oxygen atoms in total. The van der Waals surface area contributed by atoms with E-state index in [0.29, 0.717) is 28.6 Å². The molecule has 1 fully saturated rings. The molecule has 2 aromatic carbocycles. The lowest BCUT2D eigenvalue weighted by molar-refractivity contribution is -0.123. The lowest BCUT2D eigenvalue weighted by atomic mass is 10.0. The minimum atomic E-state index is -0.353. The molecule has 0 unspecified atom stereocenters. The van der Waals surface area contributed by atoms with Crippen LogP contribution < -0.4 is 14.8 Å². The Morgan fingerprint density at radius 1 is 1.11 bits per heavy atom. The third-order valence-electron chi connectivity index (χ3n) is 5.17. The highest BCUT2D eigenvalue weighted by Crippen LogP contribution is 2.34. The molecule has 1 aliphatic rings. The molecule has 0 aliphatic carbocycles. The van der Waals surface area contributed by atoms with Gasteiger partial charge in [0.2, 0.25) is 0 Å². The lowest BCUT2D eigenvalue weighted by Gasteiger charge is -2.15. The van der Waals surface area contributed by atoms with Crippen LogP contribution in [-0.4, -0.2) is 55.4 Å². The van der Waals surface area contributed by atoms with Crippen molar-refractivity contribution >= 4 is 40.6 Å². The Bertz CT molecular complexity index is 1110. The summed E-state index contributed by atoms with van der Waals surface area (Å²) in [6.07, 6.45) is 1.64. The van der Waals surface area contributed by atoms with Gasteiger partial charge in [-0.2, -0.15) is 0 Å². The Hall–Kier alpha value is -3.30. The number of rotatable bonds is 11. The molecule has 3 amide bonds. The van der Waals surface area contributed by atoms with Crippen LogP contribution in [0.1, 0.15) is 37.8 Å². The second-order valence-corrected chi connectivity index (χ2v) is 9.04. The number of ether oxygens (including phenoxy) is 3. The molecule has 35 heavy (non-hydrogen) atoms. The first-order valence-corrected chi connectivity index (χ1v) is 12.2. The van der Waals surface area contributed by atoms with Gasteiger partial charge in [0.25, 0.3) is 17.1 Å². The van der Waals surface area contributed by atoms with Crippen molar-refractivity contribution in [3.8, 4) is 11.5 Å². The first kappa shape index (κ1) is 26.3. The van der Waals surface area contributed by atoms with E-state index < -0.39 is 0 Å². The number of amides is 3. The standard InChI is InChI=1S/C26H30N2O6S/c1-5-33-22-14-18(15-23-25(30)28(12-13-32-4)26(31)35-23)10-11-21(22)34-16-24(29)27-20-9-7-6-8-19(20)17(2)3/h6-11,14-15,17H,5,12-13,16H2,1-4H3,(H,27,29)/b23-15+. The predicted octanol–water partition coefficient (Wildman–Crippen LogP) is 4.91. The number of nitrogens with zero attached hydrogens (tertiary/aromatic N) is 1. The van der Waals surface area contributed by atoms with Gasteiger partial charge in [0.15, 0.2) is 18.1 Å². The average Bonchev–Trinajstić information content (AvgIpc) is 3.09. The number of carbonyl (C=O) groups excluding carboxylic acids is 3. The molecule has 1 heterocycles. The smallest absolute Gasteiger partial charge is 0.293 e. The van der Waals surface area contributed by atoms with E-state index in [4.69, 9.17) is 14.2 Å². The number of methoxy groups -OCH3 is 1. The number of imide groups is 1. The van der Waals surface area contributed by atoms with Crippen LogP contribution in [0.2, 0.25) is 0 Å². The normalized spacial score (nSPS) is 14.7. The van der Waals surface area contributed by atoms with E-state index in [1.165, 1.54) is 7.11 Å². The number of hydrogen-bond donors (Lipinski definition) is 1. The molecule has 0 radical (unpaired) electrons. The van der Waals surface area contributed by atoms with Crippen molar-refractivity contribution in [2.24, 2.45) is 0 Å². The number of hydrogen-bond acceptors (Lipinski definition) is 7. The molecule has 9 heteroatoms. The van der Waals surface area contributed by atoms with Gasteiger partial charge in [0, 0.05) is 12.8 Å². The Kier molecular flexibility index (Phi) is 9.33. The fourth-order valence-corrected chi connectivity index (χ4v) is 4.34. The molecular weight excluding hydrogens is 468 g/mol. The van der Waals surface area contributed by atoms with Crippen molar-refractivity contribution in [3.05, 3.63) is 58.5 Å².